The minimum absolute atomic E-state index is 0.0288. The van der Waals surface area contributed by atoms with Gasteiger partial charge >= 0.3 is 5.97 Å². The Kier molecular flexibility index (Phi) is 5.77. The lowest BCUT2D eigenvalue weighted by Gasteiger charge is -2.70. The Morgan fingerprint density at radius 2 is 1.69 bits per heavy atom. The van der Waals surface area contributed by atoms with E-state index in [0.29, 0.717) is 29.6 Å². The minimum Gasteiger partial charge on any atom is -0.469 e. The van der Waals surface area contributed by atoms with Gasteiger partial charge in [0, 0.05) is 11.0 Å². The lowest BCUT2D eigenvalue weighted by atomic mass is 9.34. The Bertz CT molecular complexity index is 1060. The lowest BCUT2D eigenvalue weighted by Crippen LogP contribution is -2.65. The van der Waals surface area contributed by atoms with E-state index in [2.05, 4.69) is 61.1 Å². The summed E-state index contributed by atoms with van der Waals surface area (Å²) in [5.41, 5.74) is 3.81. The molecule has 5 aliphatic rings. The summed E-state index contributed by atoms with van der Waals surface area (Å²) in [7, 11) is 1.58. The molecule has 4 fully saturated rings. The zero-order valence-electron chi connectivity index (χ0n) is 24.2. The summed E-state index contributed by atoms with van der Waals surface area (Å²) >= 11 is 0. The molecule has 0 radical (unpaired) electrons. The summed E-state index contributed by atoms with van der Waals surface area (Å²) in [4.78, 5) is 13.4. The molecule has 36 heavy (non-hydrogen) atoms. The SMILES string of the molecule is C=C(C)[C@@H]1CCC2(C(=O)OC)CC[C@]3(C)C(CCC4[C@@]5(C)C(C#N)=C(CC)C(C)(C)C5CC[C@]43C)C12. The molecule has 0 aromatic carbocycles. The third-order valence-electron chi connectivity index (χ3n) is 13.7. The van der Waals surface area contributed by atoms with Crippen molar-refractivity contribution in [3.63, 3.8) is 0 Å². The molecule has 0 N–H and O–H groups in total. The van der Waals surface area contributed by atoms with Crippen molar-refractivity contribution in [3.8, 4) is 6.07 Å². The molecule has 5 unspecified atom stereocenters. The average Bonchev–Trinajstić information content (AvgIpc) is 3.30. The highest BCUT2D eigenvalue weighted by molar-refractivity contribution is 5.78. The van der Waals surface area contributed by atoms with Crippen LogP contribution in [0.2, 0.25) is 0 Å². The van der Waals surface area contributed by atoms with Crippen LogP contribution in [0.4, 0.5) is 0 Å². The number of nitrogens with zero attached hydrogens (tertiary/aromatic N) is 1. The van der Waals surface area contributed by atoms with E-state index in [1.54, 1.807) is 7.11 Å². The molecule has 0 amide bonds. The van der Waals surface area contributed by atoms with Crippen molar-refractivity contribution in [3.05, 3.63) is 23.3 Å². The maximum Gasteiger partial charge on any atom is 0.312 e. The molecular formula is C33H49NO2. The Labute approximate surface area is 220 Å². The predicted molar refractivity (Wildman–Crippen MR) is 145 cm³/mol. The smallest absolute Gasteiger partial charge is 0.312 e. The maximum atomic E-state index is 13.4. The molecule has 9 atom stereocenters. The number of allylic oxidation sites excluding steroid dienone is 3. The first-order valence-electron chi connectivity index (χ1n) is 14.7. The van der Waals surface area contributed by atoms with E-state index in [-0.39, 0.29) is 33.0 Å². The molecule has 0 bridgehead atoms. The quantitative estimate of drug-likeness (QED) is 0.295. The molecule has 0 aromatic rings. The maximum absolute atomic E-state index is 13.4. The van der Waals surface area contributed by atoms with Crippen LogP contribution in [-0.4, -0.2) is 13.1 Å². The second-order valence-electron chi connectivity index (χ2n) is 14.7. The van der Waals surface area contributed by atoms with Crippen molar-refractivity contribution in [1.82, 2.24) is 0 Å². The van der Waals surface area contributed by atoms with Gasteiger partial charge < -0.3 is 4.74 Å². The molecule has 3 nitrogen and oxygen atoms in total. The largest absolute Gasteiger partial charge is 0.469 e. The molecule has 198 valence electrons. The Morgan fingerprint density at radius 1 is 1.00 bits per heavy atom. The van der Waals surface area contributed by atoms with E-state index in [4.69, 9.17) is 4.74 Å². The number of carbonyl (C=O) groups is 1. The fourth-order valence-corrected chi connectivity index (χ4v) is 12.1. The Balaban J connectivity index is 1.63. The van der Waals surface area contributed by atoms with Crippen molar-refractivity contribution in [2.24, 2.45) is 56.7 Å². The van der Waals surface area contributed by atoms with Crippen molar-refractivity contribution in [2.75, 3.05) is 7.11 Å². The molecule has 4 saturated carbocycles. The van der Waals surface area contributed by atoms with Gasteiger partial charge in [0.15, 0.2) is 0 Å². The molecule has 0 saturated heterocycles. The lowest BCUT2D eigenvalue weighted by molar-refractivity contribution is -0.218. The van der Waals surface area contributed by atoms with E-state index in [0.717, 1.165) is 44.1 Å². The number of carbonyl (C=O) groups excluding carboxylic acids is 1. The monoisotopic (exact) mass is 491 g/mol. The van der Waals surface area contributed by atoms with E-state index < -0.39 is 0 Å². The number of nitriles is 1. The number of methoxy groups -OCH3 is 1. The second kappa shape index (κ2) is 7.97. The zero-order chi connectivity index (χ0) is 26.5. The number of ether oxygens (including phenoxy) is 1. The van der Waals surface area contributed by atoms with Gasteiger partial charge in [0.25, 0.3) is 0 Å². The van der Waals surface area contributed by atoms with Gasteiger partial charge in [-0.25, -0.2) is 0 Å². The van der Waals surface area contributed by atoms with Crippen molar-refractivity contribution in [2.45, 2.75) is 106 Å². The van der Waals surface area contributed by atoms with Crippen LogP contribution in [0.1, 0.15) is 106 Å². The summed E-state index contributed by atoms with van der Waals surface area (Å²) in [5.74, 6) is 2.33. The first kappa shape index (κ1) is 26.1. The van der Waals surface area contributed by atoms with E-state index in [1.807, 2.05) is 0 Å². The van der Waals surface area contributed by atoms with Gasteiger partial charge in [-0.1, -0.05) is 59.3 Å². The molecule has 0 spiro atoms. The van der Waals surface area contributed by atoms with Gasteiger partial charge in [0.2, 0.25) is 0 Å². The number of rotatable bonds is 3. The van der Waals surface area contributed by atoms with Gasteiger partial charge in [-0.15, -0.1) is 0 Å². The topological polar surface area (TPSA) is 50.1 Å². The highest BCUT2D eigenvalue weighted by Crippen LogP contribution is 2.79. The minimum atomic E-state index is -0.338. The number of hydrogen-bond acceptors (Lipinski definition) is 3. The average molecular weight is 492 g/mol. The van der Waals surface area contributed by atoms with Crippen LogP contribution >= 0.6 is 0 Å². The van der Waals surface area contributed by atoms with Crippen LogP contribution in [-0.2, 0) is 9.53 Å². The van der Waals surface area contributed by atoms with Crippen molar-refractivity contribution < 1.29 is 9.53 Å². The third kappa shape index (κ3) is 2.78. The van der Waals surface area contributed by atoms with Crippen LogP contribution in [0, 0.1) is 68.0 Å². The standard InChI is InChI=1S/C33H49NO2/c1-10-22-24(19-34)32(8)25(29(22,4)5)14-15-31(7)26(32)12-11-23-27-21(20(2)3)13-16-33(27,28(35)36-9)18-17-30(23,31)6/h21,23,25-27H,2,10-18H2,1,3-9H3/t21-,23?,25?,26?,27?,30+,31+,32-,33?/m0/s1. The second-order valence-corrected chi connectivity index (χ2v) is 14.7. The van der Waals surface area contributed by atoms with E-state index in [1.165, 1.54) is 30.4 Å². The number of fused-ring (bicyclic) bond motifs is 7. The Morgan fingerprint density at radius 3 is 2.28 bits per heavy atom. The van der Waals surface area contributed by atoms with Gasteiger partial charge in [-0.2, -0.15) is 5.26 Å². The van der Waals surface area contributed by atoms with Gasteiger partial charge in [-0.3, -0.25) is 4.79 Å². The normalized spacial score (nSPS) is 48.8. The molecular weight excluding hydrogens is 442 g/mol. The molecule has 5 aliphatic carbocycles. The predicted octanol–water partition coefficient (Wildman–Crippen LogP) is 8.27. The summed E-state index contributed by atoms with van der Waals surface area (Å²) in [6, 6.07) is 2.79. The first-order chi connectivity index (χ1) is 16.8. The molecule has 0 aliphatic heterocycles. The summed E-state index contributed by atoms with van der Waals surface area (Å²) in [6.07, 6.45) is 9.79. The molecule has 0 heterocycles. The fourth-order valence-electron chi connectivity index (χ4n) is 12.1. The summed E-state index contributed by atoms with van der Waals surface area (Å²) in [5, 5.41) is 10.5. The van der Waals surface area contributed by atoms with Gasteiger partial charge in [0.1, 0.15) is 0 Å². The van der Waals surface area contributed by atoms with Crippen molar-refractivity contribution in [1.29, 1.82) is 5.26 Å². The highest BCUT2D eigenvalue weighted by Gasteiger charge is 2.73. The molecule has 5 rings (SSSR count). The Hall–Kier alpha value is -1.56. The van der Waals surface area contributed by atoms with Crippen molar-refractivity contribution >= 4 is 5.97 Å². The van der Waals surface area contributed by atoms with Crippen LogP contribution < -0.4 is 0 Å². The number of hydrogen-bond donors (Lipinski definition) is 0. The van der Waals surface area contributed by atoms with Crippen LogP contribution in [0.3, 0.4) is 0 Å². The van der Waals surface area contributed by atoms with Gasteiger partial charge in [0.05, 0.1) is 18.6 Å². The third-order valence-corrected chi connectivity index (χ3v) is 13.7. The summed E-state index contributed by atoms with van der Waals surface area (Å²) < 4.78 is 5.50. The highest BCUT2D eigenvalue weighted by atomic mass is 16.5. The van der Waals surface area contributed by atoms with E-state index >= 15 is 0 Å². The number of esters is 1. The molecule has 0 aromatic heterocycles. The zero-order valence-corrected chi connectivity index (χ0v) is 24.2. The van der Waals surface area contributed by atoms with Crippen LogP contribution in [0.5, 0.6) is 0 Å². The van der Waals surface area contributed by atoms with E-state index in [9.17, 15) is 10.1 Å². The fraction of sp³-hybridized carbons (Fsp3) is 0.818. The van der Waals surface area contributed by atoms with Crippen LogP contribution in [0.15, 0.2) is 23.3 Å². The molecule has 3 heteroatoms. The van der Waals surface area contributed by atoms with Gasteiger partial charge in [-0.05, 0) is 111 Å². The van der Waals surface area contributed by atoms with Crippen LogP contribution in [0.25, 0.3) is 0 Å². The first-order valence-corrected chi connectivity index (χ1v) is 14.7. The summed E-state index contributed by atoms with van der Waals surface area (Å²) in [6.45, 7) is 21.3.